The summed E-state index contributed by atoms with van der Waals surface area (Å²) >= 11 is 0. The smallest absolute Gasteiger partial charge is 0.128 e. The first-order chi connectivity index (χ1) is 27.0. The molecular formula is C53H112N2+2. The van der Waals surface area contributed by atoms with Crippen LogP contribution in [0.3, 0.4) is 0 Å². The van der Waals surface area contributed by atoms with Gasteiger partial charge >= 0.3 is 0 Å². The Morgan fingerprint density at radius 3 is 0.582 bits per heavy atom. The van der Waals surface area contributed by atoms with Crippen LogP contribution in [-0.4, -0.2) is 61.8 Å². The highest BCUT2D eigenvalue weighted by molar-refractivity contribution is 4.57. The van der Waals surface area contributed by atoms with E-state index in [-0.39, 0.29) is 0 Å². The van der Waals surface area contributed by atoms with Gasteiger partial charge < -0.3 is 8.97 Å². The molecule has 0 radical (unpaired) electrons. The molecule has 0 aliphatic heterocycles. The van der Waals surface area contributed by atoms with Crippen LogP contribution >= 0.6 is 0 Å². The average Bonchev–Trinajstić information content (AvgIpc) is 3.19. The van der Waals surface area contributed by atoms with E-state index in [1.165, 1.54) is 312 Å². The van der Waals surface area contributed by atoms with Gasteiger partial charge in [0.05, 0.1) is 39.8 Å². The van der Waals surface area contributed by atoms with E-state index >= 15 is 0 Å². The molecule has 0 aromatic carbocycles. The van der Waals surface area contributed by atoms with E-state index < -0.39 is 0 Å². The molecule has 0 saturated heterocycles. The zero-order chi connectivity index (χ0) is 40.2. The summed E-state index contributed by atoms with van der Waals surface area (Å²) in [6.45, 7) is 21.9. The molecule has 2 heteroatoms. The van der Waals surface area contributed by atoms with E-state index in [1.807, 2.05) is 0 Å². The molecule has 55 heavy (non-hydrogen) atoms. The Kier molecular flexibility index (Phi) is 43.4. The Hall–Kier alpha value is -0.0800. The lowest BCUT2D eigenvalue weighted by molar-refractivity contribution is -0.973. The van der Waals surface area contributed by atoms with Crippen LogP contribution in [0.2, 0.25) is 0 Å². The number of unbranched alkanes of at least 4 members (excludes halogenated alkanes) is 35. The second-order valence-corrected chi connectivity index (χ2v) is 19.4. The molecule has 0 rings (SSSR count). The summed E-state index contributed by atoms with van der Waals surface area (Å²) in [4.78, 5) is 0. The summed E-state index contributed by atoms with van der Waals surface area (Å²) in [5.74, 6) is 0. The summed E-state index contributed by atoms with van der Waals surface area (Å²) in [5, 5.41) is 0. The van der Waals surface area contributed by atoms with E-state index in [2.05, 4.69) is 41.7 Å². The molecule has 0 bridgehead atoms. The van der Waals surface area contributed by atoms with Crippen molar-refractivity contribution in [1.29, 1.82) is 0 Å². The molecule has 332 valence electrons. The lowest BCUT2D eigenvalue weighted by Gasteiger charge is -2.43. The van der Waals surface area contributed by atoms with Crippen molar-refractivity contribution < 1.29 is 8.97 Å². The van der Waals surface area contributed by atoms with Crippen LogP contribution in [-0.2, 0) is 0 Å². The fourth-order valence-electron chi connectivity index (χ4n) is 9.46. The van der Waals surface area contributed by atoms with Gasteiger partial charge in [0.25, 0.3) is 0 Å². The average molecular weight is 777 g/mol. The predicted octanol–water partition coefficient (Wildman–Crippen LogP) is 18.0. The van der Waals surface area contributed by atoms with Gasteiger partial charge in [-0.1, -0.05) is 227 Å². The van der Waals surface area contributed by atoms with Crippen molar-refractivity contribution in [1.82, 2.24) is 0 Å². The van der Waals surface area contributed by atoms with Gasteiger partial charge in [0.15, 0.2) is 0 Å². The minimum Gasteiger partial charge on any atom is -0.321 e. The SMILES string of the molecule is CCCCCCCCCC[N+](C)(CCCCCCCCCC)CC[N+](CCCCCCCCCC)(CCCCCCCCCC)CCCCCCCCCC. The molecule has 0 heterocycles. The topological polar surface area (TPSA) is 0 Å². The van der Waals surface area contributed by atoms with Crippen LogP contribution in [0.15, 0.2) is 0 Å². The molecule has 0 aromatic rings. The predicted molar refractivity (Wildman–Crippen MR) is 254 cm³/mol. The Labute approximate surface area is 352 Å². The standard InChI is InChI=1S/C53H112N2/c1-7-12-17-22-27-32-37-42-47-54(6,48-43-38-33-28-23-18-13-8-2)52-53-55(49-44-39-34-29-24-19-14-9-3,50-45-40-35-30-25-20-15-10-4)51-46-41-36-31-26-21-16-11-5/h7-53H2,1-6H3/q+2. The van der Waals surface area contributed by atoms with Crippen LogP contribution in [0, 0.1) is 0 Å². The Balaban J connectivity index is 5.69. The molecule has 0 aliphatic carbocycles. The van der Waals surface area contributed by atoms with Crippen molar-refractivity contribution in [2.24, 2.45) is 0 Å². The number of rotatable bonds is 48. The summed E-state index contributed by atoms with van der Waals surface area (Å²) in [7, 11) is 2.71. The maximum atomic E-state index is 2.71. The summed E-state index contributed by atoms with van der Waals surface area (Å²) < 4.78 is 2.82. The van der Waals surface area contributed by atoms with E-state index in [0.29, 0.717) is 0 Å². The molecular weight excluding hydrogens is 665 g/mol. The summed E-state index contributed by atoms with van der Waals surface area (Å²) in [6, 6.07) is 0. The minimum absolute atomic E-state index is 1.36. The first-order valence-corrected chi connectivity index (χ1v) is 26.7. The monoisotopic (exact) mass is 777 g/mol. The van der Waals surface area contributed by atoms with Crippen molar-refractivity contribution in [2.45, 2.75) is 291 Å². The van der Waals surface area contributed by atoms with Gasteiger partial charge in [-0.15, -0.1) is 0 Å². The van der Waals surface area contributed by atoms with Gasteiger partial charge in [-0.2, -0.15) is 0 Å². The molecule has 0 fully saturated rings. The number of likely N-dealkylation sites (N-methyl/N-ethyl adjacent to an activating group) is 1. The van der Waals surface area contributed by atoms with Crippen molar-refractivity contribution in [3.8, 4) is 0 Å². The van der Waals surface area contributed by atoms with Crippen molar-refractivity contribution in [3.63, 3.8) is 0 Å². The van der Waals surface area contributed by atoms with E-state index in [0.717, 1.165) is 0 Å². The molecule has 0 amide bonds. The van der Waals surface area contributed by atoms with E-state index in [4.69, 9.17) is 0 Å². The fraction of sp³-hybridized carbons (Fsp3) is 1.00. The van der Waals surface area contributed by atoms with Crippen molar-refractivity contribution >= 4 is 0 Å². The molecule has 2 nitrogen and oxygen atoms in total. The molecule has 0 spiro atoms. The molecule has 0 atom stereocenters. The number of hydrogen-bond donors (Lipinski definition) is 0. The highest BCUT2D eigenvalue weighted by Crippen LogP contribution is 2.22. The van der Waals surface area contributed by atoms with Crippen LogP contribution in [0.1, 0.15) is 291 Å². The number of hydrogen-bond acceptors (Lipinski definition) is 0. The normalized spacial score (nSPS) is 12.3. The Bertz CT molecular complexity index is 632. The van der Waals surface area contributed by atoms with E-state index in [9.17, 15) is 0 Å². The molecule has 0 N–H and O–H groups in total. The summed E-state index contributed by atoms with van der Waals surface area (Å²) in [5.41, 5.74) is 0. The Morgan fingerprint density at radius 2 is 0.364 bits per heavy atom. The largest absolute Gasteiger partial charge is 0.321 e. The van der Waals surface area contributed by atoms with Crippen LogP contribution in [0.5, 0.6) is 0 Å². The van der Waals surface area contributed by atoms with Crippen LogP contribution in [0.4, 0.5) is 0 Å². The van der Waals surface area contributed by atoms with Crippen LogP contribution < -0.4 is 0 Å². The highest BCUT2D eigenvalue weighted by atomic mass is 15.4. The molecule has 0 aliphatic rings. The maximum Gasteiger partial charge on any atom is 0.128 e. The van der Waals surface area contributed by atoms with Crippen molar-refractivity contribution in [2.75, 3.05) is 52.9 Å². The zero-order valence-corrected chi connectivity index (χ0v) is 40.1. The fourth-order valence-corrected chi connectivity index (χ4v) is 9.46. The quantitative estimate of drug-likeness (QED) is 0.0426. The Morgan fingerprint density at radius 1 is 0.182 bits per heavy atom. The second-order valence-electron chi connectivity index (χ2n) is 19.4. The lowest BCUT2D eigenvalue weighted by Crippen LogP contribution is -2.57. The third-order valence-electron chi connectivity index (χ3n) is 13.7. The van der Waals surface area contributed by atoms with E-state index in [1.54, 1.807) is 0 Å². The van der Waals surface area contributed by atoms with Gasteiger partial charge in [-0.3, -0.25) is 0 Å². The van der Waals surface area contributed by atoms with Gasteiger partial charge in [-0.25, -0.2) is 0 Å². The molecule has 0 saturated carbocycles. The first-order valence-electron chi connectivity index (χ1n) is 26.7. The first kappa shape index (κ1) is 54.9. The minimum atomic E-state index is 1.36. The summed E-state index contributed by atoms with van der Waals surface area (Å²) in [6.07, 6.45) is 58.1. The zero-order valence-electron chi connectivity index (χ0n) is 40.1. The number of quaternary nitrogens is 2. The van der Waals surface area contributed by atoms with Crippen molar-refractivity contribution in [3.05, 3.63) is 0 Å². The third-order valence-corrected chi connectivity index (χ3v) is 13.7. The lowest BCUT2D eigenvalue weighted by atomic mass is 10.0. The second kappa shape index (κ2) is 43.5. The van der Waals surface area contributed by atoms with Gasteiger partial charge in [0.2, 0.25) is 0 Å². The van der Waals surface area contributed by atoms with Crippen LogP contribution in [0.25, 0.3) is 0 Å². The van der Waals surface area contributed by atoms with Gasteiger partial charge in [0.1, 0.15) is 13.1 Å². The highest BCUT2D eigenvalue weighted by Gasteiger charge is 2.31. The van der Waals surface area contributed by atoms with Gasteiger partial charge in [-0.05, 0) is 64.2 Å². The number of nitrogens with zero attached hydrogens (tertiary/aromatic N) is 2. The maximum absolute atomic E-state index is 2.71. The van der Waals surface area contributed by atoms with Gasteiger partial charge in [0, 0.05) is 0 Å². The molecule has 0 unspecified atom stereocenters. The molecule has 0 aromatic heterocycles. The third kappa shape index (κ3) is 37.9.